The summed E-state index contributed by atoms with van der Waals surface area (Å²) in [5, 5.41) is 13.7. The van der Waals surface area contributed by atoms with Gasteiger partial charge in [-0.25, -0.2) is 4.98 Å². The molecule has 1 aromatic heterocycles. The molecule has 4 nitrogen and oxygen atoms in total. The van der Waals surface area contributed by atoms with E-state index >= 15 is 0 Å². The Kier molecular flexibility index (Phi) is 2.59. The maximum absolute atomic E-state index is 9.71. The van der Waals surface area contributed by atoms with Crippen LogP contribution in [-0.4, -0.2) is 26.0 Å². The highest BCUT2D eigenvalue weighted by Gasteiger charge is 2.23. The first kappa shape index (κ1) is 8.69. The highest BCUT2D eigenvalue weighted by Crippen LogP contribution is 2.25. The zero-order valence-corrected chi connectivity index (χ0v) is 7.63. The van der Waals surface area contributed by atoms with Gasteiger partial charge in [0.05, 0.1) is 6.10 Å². The summed E-state index contributed by atoms with van der Waals surface area (Å²) in [5.41, 5.74) is 0. The van der Waals surface area contributed by atoms with Crippen molar-refractivity contribution >= 4 is 0 Å². The molecule has 1 aromatic rings. The number of hydrogen-bond donors (Lipinski definition) is 1. The lowest BCUT2D eigenvalue weighted by atomic mass is 9.86. The molecule has 0 aromatic carbocycles. The molecule has 1 fully saturated rings. The van der Waals surface area contributed by atoms with Gasteiger partial charge in [0.1, 0.15) is 12.7 Å². The van der Waals surface area contributed by atoms with E-state index in [1.54, 1.807) is 11.0 Å². The molecule has 0 bridgehead atoms. The largest absolute Gasteiger partial charge is 0.393 e. The number of aliphatic hydroxyl groups is 1. The third kappa shape index (κ3) is 2.06. The number of aromatic nitrogens is 3. The quantitative estimate of drug-likeness (QED) is 0.735. The summed E-state index contributed by atoms with van der Waals surface area (Å²) in [4.78, 5) is 3.88. The van der Waals surface area contributed by atoms with Crippen LogP contribution in [0.25, 0.3) is 0 Å². The monoisotopic (exact) mass is 181 g/mol. The van der Waals surface area contributed by atoms with Crippen LogP contribution in [-0.2, 0) is 6.54 Å². The van der Waals surface area contributed by atoms with Crippen LogP contribution in [0.4, 0.5) is 0 Å². The second-order valence-electron chi connectivity index (χ2n) is 3.73. The molecule has 72 valence electrons. The van der Waals surface area contributed by atoms with Crippen molar-refractivity contribution in [3.05, 3.63) is 12.7 Å². The Morgan fingerprint density at radius 2 is 2.23 bits per heavy atom. The minimum Gasteiger partial charge on any atom is -0.393 e. The van der Waals surface area contributed by atoms with Crippen LogP contribution in [0.3, 0.4) is 0 Å². The van der Waals surface area contributed by atoms with Crippen molar-refractivity contribution in [2.24, 2.45) is 5.92 Å². The summed E-state index contributed by atoms with van der Waals surface area (Å²) < 4.78 is 1.80. The van der Waals surface area contributed by atoms with E-state index < -0.39 is 0 Å². The Hall–Kier alpha value is -0.900. The fourth-order valence-electron chi connectivity index (χ4n) is 1.97. The number of rotatable bonds is 2. The molecule has 1 heterocycles. The molecule has 13 heavy (non-hydrogen) atoms. The molecule has 0 saturated heterocycles. The molecule has 1 aliphatic rings. The smallest absolute Gasteiger partial charge is 0.137 e. The van der Waals surface area contributed by atoms with Gasteiger partial charge < -0.3 is 5.11 Å². The normalized spacial score (nSPS) is 29.0. The Morgan fingerprint density at radius 1 is 1.38 bits per heavy atom. The van der Waals surface area contributed by atoms with E-state index in [4.69, 9.17) is 0 Å². The van der Waals surface area contributed by atoms with Gasteiger partial charge in [0.15, 0.2) is 0 Å². The number of aliphatic hydroxyl groups excluding tert-OH is 1. The lowest BCUT2D eigenvalue weighted by Crippen LogP contribution is -2.28. The summed E-state index contributed by atoms with van der Waals surface area (Å²) in [6, 6.07) is 0. The molecule has 0 radical (unpaired) electrons. The highest BCUT2D eigenvalue weighted by molar-refractivity contribution is 4.74. The SMILES string of the molecule is OC1CCCCC1Cn1cncn1. The van der Waals surface area contributed by atoms with E-state index in [9.17, 15) is 5.11 Å². The zero-order chi connectivity index (χ0) is 9.10. The summed E-state index contributed by atoms with van der Waals surface area (Å²) in [6.07, 6.45) is 7.56. The fraction of sp³-hybridized carbons (Fsp3) is 0.778. The molecule has 0 aliphatic heterocycles. The second kappa shape index (κ2) is 3.87. The fourth-order valence-corrected chi connectivity index (χ4v) is 1.97. The van der Waals surface area contributed by atoms with Crippen LogP contribution in [0.5, 0.6) is 0 Å². The molecular weight excluding hydrogens is 166 g/mol. The standard InChI is InChI=1S/C9H15N3O/c13-9-4-2-1-3-8(9)5-12-7-10-6-11-12/h6-9,13H,1-5H2. The minimum atomic E-state index is -0.141. The van der Waals surface area contributed by atoms with Crippen molar-refractivity contribution in [2.45, 2.75) is 38.3 Å². The summed E-state index contributed by atoms with van der Waals surface area (Å²) in [7, 11) is 0. The molecule has 0 amide bonds. The summed E-state index contributed by atoms with van der Waals surface area (Å²) in [6.45, 7) is 0.807. The van der Waals surface area contributed by atoms with Gasteiger partial charge in [0.25, 0.3) is 0 Å². The Bertz CT molecular complexity index is 247. The predicted octanol–water partition coefficient (Wildman–Crippen LogP) is 0.829. The van der Waals surface area contributed by atoms with Gasteiger partial charge in [-0.3, -0.25) is 4.68 Å². The third-order valence-electron chi connectivity index (χ3n) is 2.76. The molecule has 2 rings (SSSR count). The van der Waals surface area contributed by atoms with Crippen molar-refractivity contribution in [1.82, 2.24) is 14.8 Å². The van der Waals surface area contributed by atoms with Crippen molar-refractivity contribution < 1.29 is 5.11 Å². The van der Waals surface area contributed by atoms with Crippen LogP contribution in [0.1, 0.15) is 25.7 Å². The average Bonchev–Trinajstić information content (AvgIpc) is 2.61. The van der Waals surface area contributed by atoms with Crippen molar-refractivity contribution in [3.8, 4) is 0 Å². The molecule has 0 spiro atoms. The van der Waals surface area contributed by atoms with E-state index in [0.29, 0.717) is 5.92 Å². The molecule has 1 saturated carbocycles. The summed E-state index contributed by atoms with van der Waals surface area (Å²) in [5.74, 6) is 0.371. The minimum absolute atomic E-state index is 0.141. The Labute approximate surface area is 77.6 Å². The third-order valence-corrected chi connectivity index (χ3v) is 2.76. The average molecular weight is 181 g/mol. The first-order chi connectivity index (χ1) is 6.36. The number of nitrogens with zero attached hydrogens (tertiary/aromatic N) is 3. The van der Waals surface area contributed by atoms with Gasteiger partial charge in [0.2, 0.25) is 0 Å². The lowest BCUT2D eigenvalue weighted by Gasteiger charge is -2.27. The lowest BCUT2D eigenvalue weighted by molar-refractivity contribution is 0.0586. The van der Waals surface area contributed by atoms with Gasteiger partial charge >= 0.3 is 0 Å². The zero-order valence-electron chi connectivity index (χ0n) is 7.63. The van der Waals surface area contributed by atoms with Gasteiger partial charge in [0, 0.05) is 12.5 Å². The van der Waals surface area contributed by atoms with E-state index in [1.807, 2.05) is 0 Å². The second-order valence-corrected chi connectivity index (χ2v) is 3.73. The number of hydrogen-bond acceptors (Lipinski definition) is 3. The Morgan fingerprint density at radius 3 is 2.92 bits per heavy atom. The summed E-state index contributed by atoms with van der Waals surface area (Å²) >= 11 is 0. The van der Waals surface area contributed by atoms with Gasteiger partial charge in [-0.05, 0) is 12.8 Å². The van der Waals surface area contributed by atoms with E-state index in [0.717, 1.165) is 25.8 Å². The van der Waals surface area contributed by atoms with Crippen LogP contribution in [0, 0.1) is 5.92 Å². The predicted molar refractivity (Wildman–Crippen MR) is 48.0 cm³/mol. The van der Waals surface area contributed by atoms with Crippen molar-refractivity contribution in [1.29, 1.82) is 0 Å². The van der Waals surface area contributed by atoms with E-state index in [2.05, 4.69) is 10.1 Å². The molecular formula is C9H15N3O. The molecule has 2 unspecified atom stereocenters. The van der Waals surface area contributed by atoms with E-state index in [-0.39, 0.29) is 6.10 Å². The van der Waals surface area contributed by atoms with Gasteiger partial charge in [-0.1, -0.05) is 12.8 Å². The molecule has 2 atom stereocenters. The van der Waals surface area contributed by atoms with Crippen molar-refractivity contribution in [2.75, 3.05) is 0 Å². The van der Waals surface area contributed by atoms with Crippen molar-refractivity contribution in [3.63, 3.8) is 0 Å². The van der Waals surface area contributed by atoms with Crippen LogP contribution < -0.4 is 0 Å². The first-order valence-corrected chi connectivity index (χ1v) is 4.87. The maximum Gasteiger partial charge on any atom is 0.137 e. The Balaban J connectivity index is 1.93. The van der Waals surface area contributed by atoms with Crippen LogP contribution >= 0.6 is 0 Å². The van der Waals surface area contributed by atoms with Gasteiger partial charge in [-0.2, -0.15) is 5.10 Å². The molecule has 4 heteroatoms. The molecule has 1 N–H and O–H groups in total. The highest BCUT2D eigenvalue weighted by atomic mass is 16.3. The van der Waals surface area contributed by atoms with Crippen LogP contribution in [0.2, 0.25) is 0 Å². The molecule has 1 aliphatic carbocycles. The maximum atomic E-state index is 9.71. The van der Waals surface area contributed by atoms with E-state index in [1.165, 1.54) is 12.7 Å². The van der Waals surface area contributed by atoms with Crippen LogP contribution in [0.15, 0.2) is 12.7 Å². The van der Waals surface area contributed by atoms with Gasteiger partial charge in [-0.15, -0.1) is 0 Å². The first-order valence-electron chi connectivity index (χ1n) is 4.87. The topological polar surface area (TPSA) is 50.9 Å².